The van der Waals surface area contributed by atoms with Crippen LogP contribution in [0.5, 0.6) is 0 Å². The zero-order chi connectivity index (χ0) is 15.3. The highest BCUT2D eigenvalue weighted by atomic mass is 15.2. The Kier molecular flexibility index (Phi) is 5.63. The van der Waals surface area contributed by atoms with E-state index in [0.717, 1.165) is 18.7 Å². The number of pyridine rings is 1. The van der Waals surface area contributed by atoms with Crippen molar-refractivity contribution in [3.63, 3.8) is 0 Å². The molecule has 0 spiro atoms. The minimum atomic E-state index is 0.336. The number of hydrogen-bond acceptors (Lipinski definition) is 3. The molecule has 0 saturated carbocycles. The van der Waals surface area contributed by atoms with Crippen LogP contribution in [0, 0.1) is 5.41 Å². The smallest absolute Gasteiger partial charge is 0.0572 e. The average Bonchev–Trinajstić information content (AvgIpc) is 2.98. The van der Waals surface area contributed by atoms with E-state index < -0.39 is 0 Å². The van der Waals surface area contributed by atoms with Gasteiger partial charge in [0, 0.05) is 19.1 Å². The van der Waals surface area contributed by atoms with Gasteiger partial charge in [0.1, 0.15) is 0 Å². The molecule has 2 heterocycles. The molecule has 1 aromatic rings. The second-order valence-electron chi connectivity index (χ2n) is 6.50. The Morgan fingerprint density at radius 3 is 2.57 bits per heavy atom. The van der Waals surface area contributed by atoms with Crippen LogP contribution in [0.25, 0.3) is 0 Å². The van der Waals surface area contributed by atoms with Crippen molar-refractivity contribution < 1.29 is 0 Å². The van der Waals surface area contributed by atoms with E-state index in [2.05, 4.69) is 61.2 Å². The molecule has 1 unspecified atom stereocenters. The summed E-state index contributed by atoms with van der Waals surface area (Å²) in [4.78, 5) is 7.18. The van der Waals surface area contributed by atoms with E-state index in [1.54, 1.807) is 0 Å². The van der Waals surface area contributed by atoms with Crippen LogP contribution in [0.4, 0.5) is 5.69 Å². The molecule has 1 fully saturated rings. The first-order chi connectivity index (χ1) is 10.1. The van der Waals surface area contributed by atoms with Crippen LogP contribution in [-0.4, -0.2) is 24.6 Å². The normalized spacial score (nSPS) is 19.0. The largest absolute Gasteiger partial charge is 0.370 e. The van der Waals surface area contributed by atoms with Crippen LogP contribution in [0.1, 0.15) is 65.1 Å². The third-order valence-corrected chi connectivity index (χ3v) is 5.22. The molecule has 0 radical (unpaired) electrons. The van der Waals surface area contributed by atoms with Gasteiger partial charge in [-0.1, -0.05) is 20.8 Å². The van der Waals surface area contributed by atoms with Crippen LogP contribution >= 0.6 is 0 Å². The van der Waals surface area contributed by atoms with Gasteiger partial charge in [0.15, 0.2) is 0 Å². The van der Waals surface area contributed by atoms with Crippen LogP contribution in [0.2, 0.25) is 0 Å². The molecule has 1 aliphatic heterocycles. The molecule has 118 valence electrons. The van der Waals surface area contributed by atoms with Gasteiger partial charge in [-0.2, -0.15) is 0 Å². The van der Waals surface area contributed by atoms with E-state index in [9.17, 15) is 0 Å². The first-order valence-corrected chi connectivity index (χ1v) is 8.58. The molecule has 2 rings (SSSR count). The van der Waals surface area contributed by atoms with Crippen molar-refractivity contribution in [2.24, 2.45) is 5.41 Å². The van der Waals surface area contributed by atoms with Gasteiger partial charge in [-0.25, -0.2) is 0 Å². The molecular formula is C18H31N3. The summed E-state index contributed by atoms with van der Waals surface area (Å²) in [5, 5.41) is 3.49. The monoisotopic (exact) mass is 289 g/mol. The minimum absolute atomic E-state index is 0.336. The molecule has 3 heteroatoms. The lowest BCUT2D eigenvalue weighted by Crippen LogP contribution is -2.26. The second-order valence-corrected chi connectivity index (χ2v) is 6.50. The lowest BCUT2D eigenvalue weighted by molar-refractivity contribution is 0.301. The highest BCUT2D eigenvalue weighted by Gasteiger charge is 2.34. The van der Waals surface area contributed by atoms with Gasteiger partial charge in [0.2, 0.25) is 0 Å². The first-order valence-electron chi connectivity index (χ1n) is 8.58. The number of anilines is 1. The molecule has 0 bridgehead atoms. The van der Waals surface area contributed by atoms with E-state index in [1.807, 2.05) is 0 Å². The Balaban J connectivity index is 2.00. The topological polar surface area (TPSA) is 28.2 Å². The van der Waals surface area contributed by atoms with Gasteiger partial charge in [-0.3, -0.25) is 4.98 Å². The Labute approximate surface area is 130 Å². The number of aromatic nitrogens is 1. The van der Waals surface area contributed by atoms with E-state index in [4.69, 9.17) is 0 Å². The second kappa shape index (κ2) is 7.26. The van der Waals surface area contributed by atoms with Gasteiger partial charge in [-0.15, -0.1) is 0 Å². The summed E-state index contributed by atoms with van der Waals surface area (Å²) in [5.74, 6) is 0. The summed E-state index contributed by atoms with van der Waals surface area (Å²) >= 11 is 0. The Morgan fingerprint density at radius 2 is 2.05 bits per heavy atom. The molecule has 1 aromatic heterocycles. The van der Waals surface area contributed by atoms with E-state index in [-0.39, 0.29) is 0 Å². The van der Waals surface area contributed by atoms with Crippen LogP contribution < -0.4 is 10.2 Å². The zero-order valence-corrected chi connectivity index (χ0v) is 14.2. The van der Waals surface area contributed by atoms with Crippen molar-refractivity contribution in [3.05, 3.63) is 24.0 Å². The number of rotatable bonds is 7. The van der Waals surface area contributed by atoms with E-state index in [0.29, 0.717) is 11.5 Å². The van der Waals surface area contributed by atoms with Gasteiger partial charge >= 0.3 is 0 Å². The third-order valence-electron chi connectivity index (χ3n) is 5.22. The summed E-state index contributed by atoms with van der Waals surface area (Å²) in [6.45, 7) is 12.4. The molecule has 0 aliphatic carbocycles. The van der Waals surface area contributed by atoms with Crippen molar-refractivity contribution in [1.29, 1.82) is 0 Å². The minimum Gasteiger partial charge on any atom is -0.370 e. The Morgan fingerprint density at radius 1 is 1.29 bits per heavy atom. The average molecular weight is 289 g/mol. The van der Waals surface area contributed by atoms with E-state index in [1.165, 1.54) is 38.0 Å². The standard InChI is InChI=1S/C18H31N3/c1-5-11-19-15(4)17-9-8-16(13-20-17)21-12-10-18(6-2,7-3)14-21/h8-9,13,15,19H,5-7,10-12,14H2,1-4H3. The fourth-order valence-corrected chi connectivity index (χ4v) is 3.29. The fourth-order valence-electron chi connectivity index (χ4n) is 3.29. The van der Waals surface area contributed by atoms with Gasteiger partial charge in [-0.05, 0) is 56.7 Å². The Bertz CT molecular complexity index is 423. The molecule has 0 amide bonds. The summed E-state index contributed by atoms with van der Waals surface area (Å²) in [7, 11) is 0. The molecule has 1 saturated heterocycles. The maximum atomic E-state index is 4.67. The molecular weight excluding hydrogens is 258 g/mol. The third kappa shape index (κ3) is 3.76. The van der Waals surface area contributed by atoms with Crippen LogP contribution in [0.15, 0.2) is 18.3 Å². The molecule has 21 heavy (non-hydrogen) atoms. The summed E-state index contributed by atoms with van der Waals surface area (Å²) in [6.07, 6.45) is 7.09. The van der Waals surface area contributed by atoms with Crippen molar-refractivity contribution in [2.75, 3.05) is 24.5 Å². The predicted molar refractivity (Wildman–Crippen MR) is 90.8 cm³/mol. The van der Waals surface area contributed by atoms with Crippen molar-refractivity contribution in [2.45, 2.75) is 59.4 Å². The van der Waals surface area contributed by atoms with Crippen molar-refractivity contribution in [1.82, 2.24) is 10.3 Å². The zero-order valence-electron chi connectivity index (χ0n) is 14.2. The molecule has 1 aliphatic rings. The SMILES string of the molecule is CCCNC(C)c1ccc(N2CCC(CC)(CC)C2)cn1. The Hall–Kier alpha value is -1.09. The highest BCUT2D eigenvalue weighted by molar-refractivity contribution is 5.46. The molecule has 0 aromatic carbocycles. The summed E-state index contributed by atoms with van der Waals surface area (Å²) in [6, 6.07) is 4.76. The number of nitrogens with zero attached hydrogens (tertiary/aromatic N) is 2. The number of nitrogens with one attached hydrogen (secondary N) is 1. The summed E-state index contributed by atoms with van der Waals surface area (Å²) in [5.41, 5.74) is 2.95. The quantitative estimate of drug-likeness (QED) is 0.817. The number of hydrogen-bond donors (Lipinski definition) is 1. The maximum Gasteiger partial charge on any atom is 0.0572 e. The van der Waals surface area contributed by atoms with Gasteiger partial charge in [0.05, 0.1) is 17.6 Å². The summed E-state index contributed by atoms with van der Waals surface area (Å²) < 4.78 is 0. The van der Waals surface area contributed by atoms with Crippen LogP contribution in [-0.2, 0) is 0 Å². The first kappa shape index (κ1) is 16.3. The fraction of sp³-hybridized carbons (Fsp3) is 0.722. The van der Waals surface area contributed by atoms with Crippen molar-refractivity contribution in [3.8, 4) is 0 Å². The maximum absolute atomic E-state index is 4.67. The molecule has 1 atom stereocenters. The van der Waals surface area contributed by atoms with E-state index >= 15 is 0 Å². The highest BCUT2D eigenvalue weighted by Crippen LogP contribution is 2.38. The molecule has 1 N–H and O–H groups in total. The lowest BCUT2D eigenvalue weighted by atomic mass is 9.82. The molecule has 3 nitrogen and oxygen atoms in total. The lowest BCUT2D eigenvalue weighted by Gasteiger charge is -2.27. The van der Waals surface area contributed by atoms with Crippen LogP contribution in [0.3, 0.4) is 0 Å². The predicted octanol–water partition coefficient (Wildman–Crippen LogP) is 4.16. The van der Waals surface area contributed by atoms with Crippen molar-refractivity contribution >= 4 is 5.69 Å². The van der Waals surface area contributed by atoms with Gasteiger partial charge in [0.25, 0.3) is 0 Å². The van der Waals surface area contributed by atoms with Gasteiger partial charge < -0.3 is 10.2 Å².